The smallest absolute Gasteiger partial charge is 0.255 e. The summed E-state index contributed by atoms with van der Waals surface area (Å²) in [5, 5.41) is 44.3. The lowest BCUT2D eigenvalue weighted by Crippen LogP contribution is -2.65. The van der Waals surface area contributed by atoms with E-state index in [1.165, 1.54) is 25.1 Å². The van der Waals surface area contributed by atoms with Crippen LogP contribution >= 0.6 is 0 Å². The van der Waals surface area contributed by atoms with Crippen molar-refractivity contribution in [3.05, 3.63) is 45.5 Å². The molecule has 3 aliphatic carbocycles. The molecule has 1 saturated heterocycles. The molecule has 0 radical (unpaired) electrons. The first-order chi connectivity index (χ1) is 17.3. The quantitative estimate of drug-likeness (QED) is 0.363. The van der Waals surface area contributed by atoms with Crippen molar-refractivity contribution in [2.24, 2.45) is 17.6 Å². The van der Waals surface area contributed by atoms with E-state index in [1.54, 1.807) is 0 Å². The van der Waals surface area contributed by atoms with Gasteiger partial charge in [0.15, 0.2) is 11.4 Å². The van der Waals surface area contributed by atoms with Crippen LogP contribution in [0.5, 0.6) is 5.75 Å². The SMILES string of the molecule is CC1CCN1Cc1cc(O)c2c(c1F)C[C@H]1C[C@H]3[C@H](N(C)C)C(=O)C(C(N)=O)=C(O)[C@@]3(O)C(=O)C1=C2O. The van der Waals surface area contributed by atoms with Gasteiger partial charge in [0.05, 0.1) is 11.6 Å². The lowest BCUT2D eigenvalue weighted by molar-refractivity contribution is -0.153. The van der Waals surface area contributed by atoms with Gasteiger partial charge in [-0.05, 0) is 52.3 Å². The van der Waals surface area contributed by atoms with Crippen LogP contribution in [0.15, 0.2) is 23.0 Å². The number of likely N-dealkylation sites (tertiary alicyclic amines) is 1. The average Bonchev–Trinajstić information content (AvgIpc) is 2.81. The standard InChI is InChI=1S/C26H30FN3O7/c1-10-4-5-30(10)9-12-8-15(31)17-13(19(12)27)6-11-7-14-20(29(2)3)22(33)18(25(28)36)24(35)26(14,37)23(34)16(11)21(17)32/h8,10-11,14,20,31-32,35,37H,4-7,9H2,1-3H3,(H2,28,36)/t10?,11-,14-,20-,26-/m0/s1. The number of nitrogens with two attached hydrogens (primary N) is 1. The Morgan fingerprint density at radius 3 is 2.49 bits per heavy atom. The monoisotopic (exact) mass is 515 g/mol. The fourth-order valence-corrected chi connectivity index (χ4v) is 6.49. The molecule has 198 valence electrons. The maximum Gasteiger partial charge on any atom is 0.255 e. The van der Waals surface area contributed by atoms with E-state index in [4.69, 9.17) is 5.73 Å². The number of primary amides is 1. The molecule has 1 aromatic rings. The molecule has 0 aromatic heterocycles. The third-order valence-corrected chi connectivity index (χ3v) is 8.56. The van der Waals surface area contributed by atoms with Crippen LogP contribution in [0.3, 0.4) is 0 Å². The van der Waals surface area contributed by atoms with Gasteiger partial charge in [-0.1, -0.05) is 0 Å². The number of phenolic OH excluding ortho intramolecular Hbond substituents is 1. The highest BCUT2D eigenvalue weighted by atomic mass is 19.1. The second kappa shape index (κ2) is 8.37. The van der Waals surface area contributed by atoms with Crippen LogP contribution < -0.4 is 5.73 Å². The minimum absolute atomic E-state index is 0.0498. The molecule has 1 aliphatic heterocycles. The molecule has 4 aliphatic rings. The van der Waals surface area contributed by atoms with E-state index in [9.17, 15) is 34.8 Å². The Morgan fingerprint density at radius 2 is 1.95 bits per heavy atom. The number of Topliss-reactive ketones (excluding diaryl/α,β-unsaturated/α-hetero) is 2. The number of ketones is 2. The number of aliphatic hydroxyl groups excluding tert-OH is 2. The summed E-state index contributed by atoms with van der Waals surface area (Å²) >= 11 is 0. The zero-order chi connectivity index (χ0) is 27.1. The van der Waals surface area contributed by atoms with Crippen LogP contribution in [-0.2, 0) is 27.3 Å². The van der Waals surface area contributed by atoms with E-state index in [2.05, 4.69) is 4.90 Å². The molecule has 5 rings (SSSR count). The first kappa shape index (κ1) is 25.4. The number of rotatable bonds is 4. The molecular weight excluding hydrogens is 485 g/mol. The van der Waals surface area contributed by atoms with E-state index >= 15 is 4.39 Å². The Morgan fingerprint density at radius 1 is 1.27 bits per heavy atom. The number of amides is 1. The van der Waals surface area contributed by atoms with Gasteiger partial charge < -0.3 is 26.2 Å². The molecule has 6 N–H and O–H groups in total. The van der Waals surface area contributed by atoms with Crippen LogP contribution in [0, 0.1) is 17.7 Å². The number of aliphatic hydroxyl groups is 3. The highest BCUT2D eigenvalue weighted by Crippen LogP contribution is 2.53. The van der Waals surface area contributed by atoms with Gasteiger partial charge in [-0.15, -0.1) is 0 Å². The molecule has 0 spiro atoms. The van der Waals surface area contributed by atoms with Gasteiger partial charge in [0.25, 0.3) is 5.91 Å². The molecule has 5 atom stereocenters. The molecule has 1 unspecified atom stereocenters. The fourth-order valence-electron chi connectivity index (χ4n) is 6.49. The van der Waals surface area contributed by atoms with E-state index < -0.39 is 69.6 Å². The number of carbonyl (C=O) groups excluding carboxylic acids is 3. The van der Waals surface area contributed by atoms with Crippen LogP contribution in [0.4, 0.5) is 4.39 Å². The Bertz CT molecular complexity index is 1320. The summed E-state index contributed by atoms with van der Waals surface area (Å²) in [5.41, 5.74) is 1.49. The Balaban J connectivity index is 1.66. The lowest BCUT2D eigenvalue weighted by atomic mass is 9.57. The summed E-state index contributed by atoms with van der Waals surface area (Å²) in [6.07, 6.45) is 0.834. The Kier molecular flexibility index (Phi) is 5.74. The highest BCUT2D eigenvalue weighted by molar-refractivity contribution is 6.24. The maximum absolute atomic E-state index is 15.7. The fraction of sp³-hybridized carbons (Fsp3) is 0.500. The molecule has 11 heteroatoms. The zero-order valence-corrected chi connectivity index (χ0v) is 20.8. The van der Waals surface area contributed by atoms with Gasteiger partial charge in [0, 0.05) is 41.7 Å². The van der Waals surface area contributed by atoms with E-state index in [0.29, 0.717) is 0 Å². The van der Waals surface area contributed by atoms with Gasteiger partial charge in [0.1, 0.15) is 28.7 Å². The molecule has 37 heavy (non-hydrogen) atoms. The molecule has 1 heterocycles. The summed E-state index contributed by atoms with van der Waals surface area (Å²) in [5.74, 6) is -8.11. The number of benzene rings is 1. The van der Waals surface area contributed by atoms with Crippen LogP contribution in [0.1, 0.15) is 36.5 Å². The van der Waals surface area contributed by atoms with Gasteiger partial charge >= 0.3 is 0 Å². The van der Waals surface area contributed by atoms with Crippen molar-refractivity contribution < 1.29 is 39.2 Å². The number of hydrogen-bond donors (Lipinski definition) is 5. The summed E-state index contributed by atoms with van der Waals surface area (Å²) in [7, 11) is 3.04. The number of phenols is 1. The normalized spacial score (nSPS) is 31.7. The van der Waals surface area contributed by atoms with Crippen LogP contribution in [0.25, 0.3) is 5.76 Å². The number of halogens is 1. The van der Waals surface area contributed by atoms with Gasteiger partial charge in [0.2, 0.25) is 5.78 Å². The lowest BCUT2D eigenvalue weighted by Gasteiger charge is -2.50. The second-order valence-corrected chi connectivity index (χ2v) is 10.8. The Labute approximate surface area is 212 Å². The van der Waals surface area contributed by atoms with Gasteiger partial charge in [-0.25, -0.2) is 4.39 Å². The molecular formula is C26H30FN3O7. The number of fused-ring (bicyclic) bond motifs is 3. The maximum atomic E-state index is 15.7. The van der Waals surface area contributed by atoms with Crippen molar-refractivity contribution >= 4 is 23.2 Å². The van der Waals surface area contributed by atoms with Crippen molar-refractivity contribution in [2.45, 2.75) is 50.4 Å². The van der Waals surface area contributed by atoms with E-state index in [0.717, 1.165) is 13.0 Å². The largest absolute Gasteiger partial charge is 0.508 e. The van der Waals surface area contributed by atoms with Crippen LogP contribution in [-0.4, -0.2) is 86.0 Å². The van der Waals surface area contributed by atoms with Crippen molar-refractivity contribution in [2.75, 3.05) is 20.6 Å². The molecule has 10 nitrogen and oxygen atoms in total. The molecule has 1 amide bonds. The van der Waals surface area contributed by atoms with Gasteiger partial charge in [-0.2, -0.15) is 0 Å². The van der Waals surface area contributed by atoms with E-state index in [1.807, 2.05) is 6.92 Å². The summed E-state index contributed by atoms with van der Waals surface area (Å²) in [6.45, 7) is 3.10. The summed E-state index contributed by atoms with van der Waals surface area (Å²) < 4.78 is 15.7. The minimum Gasteiger partial charge on any atom is -0.508 e. The topological polar surface area (TPSA) is 165 Å². The summed E-state index contributed by atoms with van der Waals surface area (Å²) in [6, 6.07) is 0.323. The van der Waals surface area contributed by atoms with Gasteiger partial charge in [-0.3, -0.25) is 24.2 Å². The number of aromatic hydroxyl groups is 1. The first-order valence-corrected chi connectivity index (χ1v) is 12.2. The van der Waals surface area contributed by atoms with Crippen molar-refractivity contribution in [1.82, 2.24) is 9.80 Å². The minimum atomic E-state index is -2.72. The first-order valence-electron chi connectivity index (χ1n) is 12.2. The predicted molar refractivity (Wildman–Crippen MR) is 129 cm³/mol. The van der Waals surface area contributed by atoms with Crippen LogP contribution in [0.2, 0.25) is 0 Å². The summed E-state index contributed by atoms with van der Waals surface area (Å²) in [4.78, 5) is 42.4. The van der Waals surface area contributed by atoms with E-state index in [-0.39, 0.29) is 47.7 Å². The molecule has 1 aromatic carbocycles. The molecule has 1 saturated carbocycles. The third kappa shape index (κ3) is 3.37. The second-order valence-electron chi connectivity index (χ2n) is 10.8. The van der Waals surface area contributed by atoms with Crippen molar-refractivity contribution in [1.29, 1.82) is 0 Å². The number of likely N-dealkylation sites (N-methyl/N-ethyl adjacent to an activating group) is 1. The number of nitrogens with zero attached hydrogens (tertiary/aromatic N) is 2. The predicted octanol–water partition coefficient (Wildman–Crippen LogP) is 0.697. The number of carbonyl (C=O) groups is 3. The average molecular weight is 516 g/mol. The Hall–Kier alpha value is -3.28. The molecule has 2 fully saturated rings. The zero-order valence-electron chi connectivity index (χ0n) is 20.8. The number of hydrogen-bond acceptors (Lipinski definition) is 9. The highest BCUT2D eigenvalue weighted by Gasteiger charge is 2.64. The third-order valence-electron chi connectivity index (χ3n) is 8.56. The molecule has 0 bridgehead atoms. The van der Waals surface area contributed by atoms with Crippen molar-refractivity contribution in [3.63, 3.8) is 0 Å². The van der Waals surface area contributed by atoms with Crippen molar-refractivity contribution in [3.8, 4) is 5.75 Å².